The summed E-state index contributed by atoms with van der Waals surface area (Å²) in [5, 5.41) is 27.9. The number of benzene rings is 1. The molecule has 0 spiro atoms. The minimum absolute atomic E-state index is 0.0114. The van der Waals surface area contributed by atoms with Gasteiger partial charge in [0.05, 0.1) is 30.7 Å². The van der Waals surface area contributed by atoms with Gasteiger partial charge < -0.3 is 20.5 Å². The fourth-order valence-corrected chi connectivity index (χ4v) is 5.75. The Balaban J connectivity index is 1.54. The Labute approximate surface area is 225 Å². The molecule has 1 amide bonds. The van der Waals surface area contributed by atoms with E-state index < -0.39 is 5.25 Å². The molecule has 186 valence electrons. The largest absolute Gasteiger partial charge is 0.493 e. The average Bonchev–Trinajstić information content (AvgIpc) is 3.60. The second-order valence-electron chi connectivity index (χ2n) is 7.52. The van der Waals surface area contributed by atoms with Crippen molar-refractivity contribution in [1.82, 2.24) is 9.97 Å². The van der Waals surface area contributed by atoms with E-state index in [2.05, 4.69) is 21.4 Å². The highest BCUT2D eigenvalue weighted by molar-refractivity contribution is 8.00. The average molecular weight is 549 g/mol. The highest BCUT2D eigenvalue weighted by Gasteiger charge is 2.24. The van der Waals surface area contributed by atoms with Crippen LogP contribution in [0.5, 0.6) is 11.5 Å². The van der Waals surface area contributed by atoms with Crippen molar-refractivity contribution in [1.29, 1.82) is 10.5 Å². The molecule has 3 aromatic heterocycles. The predicted molar refractivity (Wildman–Crippen MR) is 146 cm³/mol. The molecule has 0 radical (unpaired) electrons. The number of carbonyl (C=O) groups excluding carboxylic acids is 1. The van der Waals surface area contributed by atoms with Crippen molar-refractivity contribution in [3.63, 3.8) is 0 Å². The Bertz CT molecular complexity index is 1540. The summed E-state index contributed by atoms with van der Waals surface area (Å²) in [6, 6.07) is 11.5. The summed E-state index contributed by atoms with van der Waals surface area (Å²) in [6.07, 6.45) is 0. The van der Waals surface area contributed by atoms with Crippen LogP contribution in [0, 0.1) is 22.7 Å². The molecule has 3 N–H and O–H groups in total. The van der Waals surface area contributed by atoms with E-state index in [1.54, 1.807) is 27.2 Å². The third kappa shape index (κ3) is 5.37. The smallest absolute Gasteiger partial charge is 0.239 e. The molecule has 1 atom stereocenters. The van der Waals surface area contributed by atoms with Crippen molar-refractivity contribution in [3.8, 4) is 46.0 Å². The number of thiazole rings is 1. The first-order valence-electron chi connectivity index (χ1n) is 10.7. The van der Waals surface area contributed by atoms with Gasteiger partial charge in [-0.2, -0.15) is 21.9 Å². The van der Waals surface area contributed by atoms with Gasteiger partial charge in [0.2, 0.25) is 5.91 Å². The molecule has 1 unspecified atom stereocenters. The molecular formula is C25H20N6O3S3. The summed E-state index contributed by atoms with van der Waals surface area (Å²) >= 11 is 3.82. The van der Waals surface area contributed by atoms with Crippen molar-refractivity contribution < 1.29 is 14.3 Å². The van der Waals surface area contributed by atoms with Crippen molar-refractivity contribution in [2.75, 3.05) is 25.3 Å². The number of ether oxygens (including phenoxy) is 2. The van der Waals surface area contributed by atoms with Gasteiger partial charge in [-0.05, 0) is 47.5 Å². The second kappa shape index (κ2) is 11.3. The lowest BCUT2D eigenvalue weighted by atomic mass is 9.99. The number of aromatic nitrogens is 2. The molecule has 9 nitrogen and oxygen atoms in total. The summed E-state index contributed by atoms with van der Waals surface area (Å²) in [6.45, 7) is 1.70. The normalized spacial score (nSPS) is 11.3. The number of thioether (sulfide) groups is 1. The zero-order chi connectivity index (χ0) is 26.5. The Kier molecular flexibility index (Phi) is 7.94. The Morgan fingerprint density at radius 1 is 1.08 bits per heavy atom. The van der Waals surface area contributed by atoms with Crippen LogP contribution in [0.15, 0.2) is 45.4 Å². The minimum atomic E-state index is -0.629. The van der Waals surface area contributed by atoms with Crippen LogP contribution in [-0.4, -0.2) is 35.3 Å². The van der Waals surface area contributed by atoms with Gasteiger partial charge in [-0.15, -0.1) is 11.3 Å². The number of anilines is 2. The molecule has 0 saturated heterocycles. The van der Waals surface area contributed by atoms with Gasteiger partial charge in [-0.1, -0.05) is 11.8 Å². The van der Waals surface area contributed by atoms with Crippen molar-refractivity contribution in [3.05, 3.63) is 51.5 Å². The van der Waals surface area contributed by atoms with Gasteiger partial charge in [0.15, 0.2) is 16.6 Å². The number of nitrogens with one attached hydrogen (secondary N) is 1. The van der Waals surface area contributed by atoms with E-state index in [0.717, 1.165) is 17.3 Å². The number of rotatable bonds is 8. The molecule has 0 saturated carbocycles. The molecule has 1 aromatic carbocycles. The van der Waals surface area contributed by atoms with Crippen LogP contribution >= 0.6 is 34.4 Å². The van der Waals surface area contributed by atoms with Crippen LogP contribution in [0.3, 0.4) is 0 Å². The number of nitrogens with zero attached hydrogens (tertiary/aromatic N) is 4. The number of methoxy groups -OCH3 is 2. The number of pyridine rings is 1. The number of nitriles is 2. The van der Waals surface area contributed by atoms with Crippen LogP contribution in [0.4, 0.5) is 10.9 Å². The zero-order valence-corrected chi connectivity index (χ0v) is 22.4. The number of nitrogen functional groups attached to an aromatic ring is 1. The maximum absolute atomic E-state index is 13.0. The number of thiophene rings is 1. The summed E-state index contributed by atoms with van der Waals surface area (Å²) in [5.74, 6) is 0.880. The van der Waals surface area contributed by atoms with E-state index in [1.807, 2.05) is 40.4 Å². The number of hydrogen-bond donors (Lipinski definition) is 2. The lowest BCUT2D eigenvalue weighted by molar-refractivity contribution is -0.115. The first kappa shape index (κ1) is 26.0. The number of nitrogens with two attached hydrogens (primary N) is 1. The van der Waals surface area contributed by atoms with Gasteiger partial charge in [-0.25, -0.2) is 9.97 Å². The summed E-state index contributed by atoms with van der Waals surface area (Å²) < 4.78 is 10.6. The molecule has 3 heterocycles. The third-order valence-corrected chi connectivity index (χ3v) is 7.82. The van der Waals surface area contributed by atoms with Gasteiger partial charge in [0, 0.05) is 16.5 Å². The summed E-state index contributed by atoms with van der Waals surface area (Å²) in [7, 11) is 3.13. The first-order valence-corrected chi connectivity index (χ1v) is 13.4. The molecule has 0 fully saturated rings. The maximum atomic E-state index is 13.0. The van der Waals surface area contributed by atoms with E-state index in [1.165, 1.54) is 22.7 Å². The molecule has 4 rings (SSSR count). The van der Waals surface area contributed by atoms with Crippen LogP contribution in [-0.2, 0) is 4.79 Å². The van der Waals surface area contributed by atoms with Crippen molar-refractivity contribution in [2.24, 2.45) is 0 Å². The van der Waals surface area contributed by atoms with Gasteiger partial charge in [0.25, 0.3) is 0 Å². The fourth-order valence-electron chi connectivity index (χ4n) is 3.47. The third-order valence-electron chi connectivity index (χ3n) is 5.30. The van der Waals surface area contributed by atoms with Crippen LogP contribution in [0.1, 0.15) is 18.1 Å². The summed E-state index contributed by atoms with van der Waals surface area (Å²) in [5.41, 5.74) is 9.02. The quantitative estimate of drug-likeness (QED) is 0.276. The maximum Gasteiger partial charge on any atom is 0.239 e. The predicted octanol–water partition coefficient (Wildman–Crippen LogP) is 5.40. The zero-order valence-electron chi connectivity index (χ0n) is 19.9. The Morgan fingerprint density at radius 3 is 2.49 bits per heavy atom. The van der Waals surface area contributed by atoms with E-state index in [9.17, 15) is 15.3 Å². The van der Waals surface area contributed by atoms with Crippen molar-refractivity contribution >= 4 is 51.3 Å². The van der Waals surface area contributed by atoms with Crippen LogP contribution in [0.2, 0.25) is 0 Å². The number of hydrogen-bond acceptors (Lipinski definition) is 11. The molecule has 0 bridgehead atoms. The highest BCUT2D eigenvalue weighted by Crippen LogP contribution is 2.38. The first-order chi connectivity index (χ1) is 17.9. The molecule has 12 heteroatoms. The highest BCUT2D eigenvalue weighted by atomic mass is 32.2. The van der Waals surface area contributed by atoms with E-state index in [-0.39, 0.29) is 27.9 Å². The Morgan fingerprint density at radius 2 is 1.84 bits per heavy atom. The standard InChI is InChI=1S/C25H20N6O3S3/c1-13(37-24-17(10-27)21(15-6-7-35-11-15)16(9-26)22(28)30-24)23(32)31-25-29-18(12-36-25)14-4-5-19(33-2)20(8-14)34-3/h4-8,11-13H,1-3H3,(H2,28,30)(H,29,31,32). The minimum Gasteiger partial charge on any atom is -0.493 e. The van der Waals surface area contributed by atoms with Crippen LogP contribution < -0.4 is 20.5 Å². The van der Waals surface area contributed by atoms with E-state index in [0.29, 0.717) is 33.5 Å². The molecule has 0 aliphatic carbocycles. The lowest BCUT2D eigenvalue weighted by Gasteiger charge is -2.14. The molecule has 0 aliphatic rings. The SMILES string of the molecule is COc1ccc(-c2csc(NC(=O)C(C)Sc3nc(N)c(C#N)c(-c4ccsc4)c3C#N)n2)cc1OC. The van der Waals surface area contributed by atoms with Gasteiger partial charge in [0.1, 0.15) is 28.5 Å². The van der Waals surface area contributed by atoms with E-state index >= 15 is 0 Å². The Hall–Kier alpha value is -4.10. The number of carbonyl (C=O) groups is 1. The topological polar surface area (TPSA) is 147 Å². The molecule has 37 heavy (non-hydrogen) atoms. The fraction of sp³-hybridized carbons (Fsp3) is 0.160. The monoisotopic (exact) mass is 548 g/mol. The lowest BCUT2D eigenvalue weighted by Crippen LogP contribution is -2.22. The summed E-state index contributed by atoms with van der Waals surface area (Å²) in [4.78, 5) is 21.8. The molecule has 4 aromatic rings. The number of amides is 1. The molecular weight excluding hydrogens is 529 g/mol. The van der Waals surface area contributed by atoms with Crippen LogP contribution in [0.25, 0.3) is 22.4 Å². The second-order valence-corrected chi connectivity index (χ2v) is 10.5. The molecule has 0 aliphatic heterocycles. The van der Waals surface area contributed by atoms with Gasteiger partial charge >= 0.3 is 0 Å². The van der Waals surface area contributed by atoms with Gasteiger partial charge in [-0.3, -0.25) is 4.79 Å². The van der Waals surface area contributed by atoms with Crippen molar-refractivity contribution in [2.45, 2.75) is 17.2 Å². The van der Waals surface area contributed by atoms with E-state index in [4.69, 9.17) is 15.2 Å².